The molecular formula is C47H51ClN6O8S. The third-order valence-corrected chi connectivity index (χ3v) is 14.7. The van der Waals surface area contributed by atoms with Gasteiger partial charge in [0.1, 0.15) is 22.9 Å². The van der Waals surface area contributed by atoms with Gasteiger partial charge in [0.2, 0.25) is 0 Å². The molecule has 2 N–H and O–H groups in total. The summed E-state index contributed by atoms with van der Waals surface area (Å²) in [4.78, 5) is 37.5. The van der Waals surface area contributed by atoms with Crippen molar-refractivity contribution in [2.24, 2.45) is 17.3 Å². The van der Waals surface area contributed by atoms with E-state index in [1.165, 1.54) is 29.0 Å². The Morgan fingerprint density at radius 3 is 2.57 bits per heavy atom. The van der Waals surface area contributed by atoms with Crippen LogP contribution in [-0.2, 0) is 21.2 Å². The maximum Gasteiger partial charge on any atom is 0.277 e. The number of aromatic amines is 1. The Labute approximate surface area is 371 Å². The summed E-state index contributed by atoms with van der Waals surface area (Å²) in [6.45, 7) is 10.2. The van der Waals surface area contributed by atoms with Crippen LogP contribution in [0.3, 0.4) is 0 Å². The van der Waals surface area contributed by atoms with Gasteiger partial charge in [0, 0.05) is 92.3 Å². The number of halogens is 1. The number of ether oxygens (including phenoxy) is 3. The molecule has 63 heavy (non-hydrogen) atoms. The molecule has 16 heteroatoms. The molecule has 2 saturated heterocycles. The summed E-state index contributed by atoms with van der Waals surface area (Å²) in [6.07, 6.45) is 8.53. The second-order valence-corrected chi connectivity index (χ2v) is 20.0. The Morgan fingerprint density at radius 2 is 1.81 bits per heavy atom. The first-order chi connectivity index (χ1) is 30.3. The lowest BCUT2D eigenvalue weighted by atomic mass is 9.72. The maximum atomic E-state index is 14.0. The highest BCUT2D eigenvalue weighted by molar-refractivity contribution is 7.90. The number of amides is 1. The van der Waals surface area contributed by atoms with E-state index < -0.39 is 25.7 Å². The largest absolute Gasteiger partial charge is 0.493 e. The summed E-state index contributed by atoms with van der Waals surface area (Å²) < 4.78 is 47.8. The van der Waals surface area contributed by atoms with E-state index in [4.69, 9.17) is 25.8 Å². The second kappa shape index (κ2) is 17.6. The number of allylic oxidation sites excluding steroid dienone is 1. The van der Waals surface area contributed by atoms with Crippen LogP contribution in [-0.4, -0.2) is 86.7 Å². The monoisotopic (exact) mass is 894 g/mol. The van der Waals surface area contributed by atoms with Crippen molar-refractivity contribution in [2.75, 3.05) is 57.4 Å². The molecule has 1 aliphatic carbocycles. The van der Waals surface area contributed by atoms with E-state index in [1.54, 1.807) is 30.5 Å². The van der Waals surface area contributed by atoms with Gasteiger partial charge in [0.15, 0.2) is 0 Å². The van der Waals surface area contributed by atoms with E-state index in [2.05, 4.69) is 50.5 Å². The smallest absolute Gasteiger partial charge is 0.277 e. The first-order valence-corrected chi connectivity index (χ1v) is 23.4. The van der Waals surface area contributed by atoms with Crippen LogP contribution in [0.15, 0.2) is 89.6 Å². The van der Waals surface area contributed by atoms with Crippen LogP contribution in [0.1, 0.15) is 67.4 Å². The first-order valence-electron chi connectivity index (χ1n) is 21.6. The predicted octanol–water partition coefficient (Wildman–Crippen LogP) is 8.80. The Bertz CT molecular complexity index is 2690. The molecule has 9 rings (SSSR count). The number of benzene rings is 3. The SMILES string of the molecule is CC1(C)CCC(CN2CCN(c3ccc(C(=O)NS(=O)(=O)c4cc5c(c([N+](=O)[O-])c4)C[C@H](C4CCOCC4)CO5)c(Oc4cnc5[nH]ccc5c4)c3)CC2)=C(c2ccc(Cl)cc2)C1. The standard InChI is InChI=1S/C47H51ClN6O8S/c1-47(2)13-9-33(41(26-47)31-3-5-35(48)6-4-31)28-52-15-17-53(18-16-52)36-7-8-39(44(23-36)62-37-21-32-10-14-49-45(32)50-27-37)46(55)51-63(58,59)38-24-42(54(56)57)40-22-34(29-61-43(40)25-38)30-11-19-60-20-12-30/h3-8,10,14,21,23-25,27,30,34H,9,11-13,15-20,22,26,28-29H2,1-2H3,(H,49,50)(H,51,55)/t34-/m0/s1. The number of pyridine rings is 1. The summed E-state index contributed by atoms with van der Waals surface area (Å²) in [6, 6.07) is 19.2. The zero-order valence-electron chi connectivity index (χ0n) is 35.4. The molecule has 5 heterocycles. The molecule has 5 aromatic rings. The number of nitro groups is 1. The number of carbonyl (C=O) groups is 1. The number of piperazine rings is 1. The zero-order valence-corrected chi connectivity index (χ0v) is 37.0. The molecule has 0 spiro atoms. The average Bonchev–Trinajstić information content (AvgIpc) is 3.75. The zero-order chi connectivity index (χ0) is 43.9. The number of aromatic nitrogens is 2. The average molecular weight is 895 g/mol. The van der Waals surface area contributed by atoms with E-state index in [0.717, 1.165) is 87.0 Å². The summed E-state index contributed by atoms with van der Waals surface area (Å²) in [5, 5.41) is 13.9. The van der Waals surface area contributed by atoms with Gasteiger partial charge in [-0.2, -0.15) is 0 Å². The number of fused-ring (bicyclic) bond motifs is 2. The van der Waals surface area contributed by atoms with Crippen molar-refractivity contribution in [2.45, 2.75) is 57.3 Å². The Hall–Kier alpha value is -5.48. The van der Waals surface area contributed by atoms with Crippen molar-refractivity contribution in [1.82, 2.24) is 19.6 Å². The highest BCUT2D eigenvalue weighted by Gasteiger charge is 2.36. The fourth-order valence-electron chi connectivity index (χ4n) is 9.48. The van der Waals surface area contributed by atoms with Gasteiger partial charge < -0.3 is 24.1 Å². The van der Waals surface area contributed by atoms with Gasteiger partial charge in [-0.15, -0.1) is 0 Å². The van der Waals surface area contributed by atoms with Crippen LogP contribution in [0.5, 0.6) is 17.2 Å². The summed E-state index contributed by atoms with van der Waals surface area (Å²) in [5.41, 5.74) is 5.75. The van der Waals surface area contributed by atoms with Crippen molar-refractivity contribution >= 4 is 55.5 Å². The molecule has 1 atom stereocenters. The number of rotatable bonds is 11. The lowest BCUT2D eigenvalue weighted by Gasteiger charge is -2.39. The minimum atomic E-state index is -4.62. The van der Waals surface area contributed by atoms with Crippen molar-refractivity contribution < 1.29 is 32.3 Å². The van der Waals surface area contributed by atoms with Gasteiger partial charge in [-0.25, -0.2) is 18.1 Å². The van der Waals surface area contributed by atoms with Crippen LogP contribution in [0.25, 0.3) is 16.6 Å². The second-order valence-electron chi connectivity index (χ2n) is 17.9. The molecule has 3 aromatic carbocycles. The topological polar surface area (TPSA) is 169 Å². The van der Waals surface area contributed by atoms with E-state index in [1.807, 2.05) is 18.2 Å². The minimum absolute atomic E-state index is 0.0416. The number of carbonyl (C=O) groups excluding carboxylic acids is 1. The molecule has 0 radical (unpaired) electrons. The molecule has 2 fully saturated rings. The van der Waals surface area contributed by atoms with Crippen molar-refractivity contribution in [3.8, 4) is 17.2 Å². The van der Waals surface area contributed by atoms with Gasteiger partial charge in [0.25, 0.3) is 21.6 Å². The van der Waals surface area contributed by atoms with Crippen molar-refractivity contribution in [3.63, 3.8) is 0 Å². The number of H-pyrrole nitrogens is 1. The normalized spacial score (nSPS) is 19.7. The molecule has 330 valence electrons. The van der Waals surface area contributed by atoms with Gasteiger partial charge in [-0.3, -0.25) is 19.8 Å². The molecule has 4 aliphatic rings. The van der Waals surface area contributed by atoms with Crippen molar-refractivity contribution in [1.29, 1.82) is 0 Å². The van der Waals surface area contributed by atoms with E-state index in [-0.39, 0.29) is 40.0 Å². The van der Waals surface area contributed by atoms with Crippen molar-refractivity contribution in [3.05, 3.63) is 117 Å². The third-order valence-electron chi connectivity index (χ3n) is 13.1. The Balaban J connectivity index is 0.947. The Kier molecular flexibility index (Phi) is 12.0. The molecule has 3 aliphatic heterocycles. The number of hydrogen-bond donors (Lipinski definition) is 2. The van der Waals surface area contributed by atoms with E-state index in [9.17, 15) is 23.3 Å². The van der Waals surface area contributed by atoms with Crippen LogP contribution >= 0.6 is 11.6 Å². The first kappa shape index (κ1) is 42.8. The molecule has 0 bridgehead atoms. The molecule has 14 nitrogen and oxygen atoms in total. The van der Waals surface area contributed by atoms with Gasteiger partial charge >= 0.3 is 0 Å². The Morgan fingerprint density at radius 1 is 1.03 bits per heavy atom. The highest BCUT2D eigenvalue weighted by Crippen LogP contribution is 2.44. The molecule has 0 saturated carbocycles. The molecule has 1 amide bonds. The summed E-state index contributed by atoms with van der Waals surface area (Å²) in [5.74, 6) is -0.0269. The fourth-order valence-corrected chi connectivity index (χ4v) is 10.6. The van der Waals surface area contributed by atoms with Crippen LogP contribution in [0, 0.1) is 27.4 Å². The summed E-state index contributed by atoms with van der Waals surface area (Å²) >= 11 is 6.25. The number of nitro benzene ring substituents is 1. The lowest BCUT2D eigenvalue weighted by molar-refractivity contribution is -0.386. The van der Waals surface area contributed by atoms with E-state index >= 15 is 0 Å². The predicted molar refractivity (Wildman–Crippen MR) is 241 cm³/mol. The van der Waals surface area contributed by atoms with Crippen LogP contribution in [0.4, 0.5) is 11.4 Å². The molecule has 0 unspecified atom stereocenters. The molecule has 2 aromatic heterocycles. The minimum Gasteiger partial charge on any atom is -0.493 e. The van der Waals surface area contributed by atoms with E-state index in [0.29, 0.717) is 43.2 Å². The third kappa shape index (κ3) is 9.42. The number of nitrogens with one attached hydrogen (secondary N) is 2. The molecular weight excluding hydrogens is 844 g/mol. The van der Waals surface area contributed by atoms with Crippen LogP contribution < -0.4 is 19.1 Å². The summed E-state index contributed by atoms with van der Waals surface area (Å²) in [7, 11) is -4.62. The maximum absolute atomic E-state index is 14.0. The van der Waals surface area contributed by atoms with Gasteiger partial charge in [-0.05, 0) is 97.4 Å². The number of hydrogen-bond acceptors (Lipinski definition) is 11. The lowest BCUT2D eigenvalue weighted by Crippen LogP contribution is -2.47. The number of anilines is 1. The fraction of sp³-hybridized carbons (Fsp3) is 0.404. The number of sulfonamides is 1. The van der Waals surface area contributed by atoms with Crippen LogP contribution in [0.2, 0.25) is 5.02 Å². The van der Waals surface area contributed by atoms with Gasteiger partial charge in [0.05, 0.1) is 33.7 Å². The highest BCUT2D eigenvalue weighted by atomic mass is 35.5. The quantitative estimate of drug-likeness (QED) is 0.0960. The van der Waals surface area contributed by atoms with Gasteiger partial charge in [-0.1, -0.05) is 43.2 Å². The number of nitrogens with zero attached hydrogens (tertiary/aromatic N) is 4.